The standard InChI is InChI=1S/C15H8ClFN2O3/c16-8-5-6-11(12(17)7-8)14-18-13(19-22-14)9-3-1-2-4-10(9)15(20)21/h1-7H,(H,20,21). The van der Waals surface area contributed by atoms with Crippen LogP contribution in [0.5, 0.6) is 0 Å². The van der Waals surface area contributed by atoms with Gasteiger partial charge in [-0.15, -0.1) is 0 Å². The van der Waals surface area contributed by atoms with Crippen LogP contribution in [0.1, 0.15) is 10.4 Å². The molecule has 0 aliphatic rings. The smallest absolute Gasteiger partial charge is 0.336 e. The summed E-state index contributed by atoms with van der Waals surface area (Å²) in [7, 11) is 0. The van der Waals surface area contributed by atoms with Crippen molar-refractivity contribution in [3.8, 4) is 22.8 Å². The molecule has 0 bridgehead atoms. The van der Waals surface area contributed by atoms with Gasteiger partial charge in [0, 0.05) is 10.6 Å². The second-order valence-electron chi connectivity index (χ2n) is 4.40. The summed E-state index contributed by atoms with van der Waals surface area (Å²) in [6, 6.07) is 10.3. The van der Waals surface area contributed by atoms with Crippen LogP contribution in [0.15, 0.2) is 47.0 Å². The average molecular weight is 319 g/mol. The van der Waals surface area contributed by atoms with Gasteiger partial charge in [0.15, 0.2) is 0 Å². The summed E-state index contributed by atoms with van der Waals surface area (Å²) in [4.78, 5) is 15.3. The summed E-state index contributed by atoms with van der Waals surface area (Å²) in [5, 5.41) is 13.1. The molecule has 0 aliphatic carbocycles. The number of nitrogens with zero attached hydrogens (tertiary/aromatic N) is 2. The van der Waals surface area contributed by atoms with Gasteiger partial charge in [0.05, 0.1) is 11.1 Å². The van der Waals surface area contributed by atoms with E-state index in [0.717, 1.165) is 6.07 Å². The zero-order valence-corrected chi connectivity index (χ0v) is 11.7. The lowest BCUT2D eigenvalue weighted by Crippen LogP contribution is -1.99. The Balaban J connectivity index is 2.07. The van der Waals surface area contributed by atoms with E-state index >= 15 is 0 Å². The van der Waals surface area contributed by atoms with Crippen LogP contribution >= 0.6 is 11.6 Å². The van der Waals surface area contributed by atoms with Crippen molar-refractivity contribution in [3.05, 3.63) is 58.9 Å². The Bertz CT molecular complexity index is 863. The number of rotatable bonds is 3. The molecule has 22 heavy (non-hydrogen) atoms. The number of aromatic carboxylic acids is 1. The third kappa shape index (κ3) is 2.56. The van der Waals surface area contributed by atoms with E-state index in [0.29, 0.717) is 5.56 Å². The largest absolute Gasteiger partial charge is 0.478 e. The molecule has 1 heterocycles. The molecular formula is C15H8ClFN2O3. The number of hydrogen-bond acceptors (Lipinski definition) is 4. The van der Waals surface area contributed by atoms with E-state index in [2.05, 4.69) is 10.1 Å². The fourth-order valence-corrected chi connectivity index (χ4v) is 2.13. The van der Waals surface area contributed by atoms with Crippen LogP contribution in [-0.4, -0.2) is 21.2 Å². The molecule has 0 spiro atoms. The molecule has 110 valence electrons. The third-order valence-electron chi connectivity index (χ3n) is 2.99. The van der Waals surface area contributed by atoms with Gasteiger partial charge in [0.2, 0.25) is 5.82 Å². The normalized spacial score (nSPS) is 10.6. The molecule has 0 amide bonds. The number of hydrogen-bond donors (Lipinski definition) is 1. The van der Waals surface area contributed by atoms with E-state index in [1.807, 2.05) is 0 Å². The highest BCUT2D eigenvalue weighted by atomic mass is 35.5. The van der Waals surface area contributed by atoms with Crippen molar-refractivity contribution in [2.75, 3.05) is 0 Å². The Hall–Kier alpha value is -2.73. The van der Waals surface area contributed by atoms with Crippen molar-refractivity contribution in [1.82, 2.24) is 10.1 Å². The predicted molar refractivity (Wildman–Crippen MR) is 77.1 cm³/mol. The van der Waals surface area contributed by atoms with Crippen LogP contribution in [0.25, 0.3) is 22.8 Å². The number of benzene rings is 2. The summed E-state index contributed by atoms with van der Waals surface area (Å²) < 4.78 is 18.9. The number of aromatic nitrogens is 2. The van der Waals surface area contributed by atoms with E-state index in [-0.39, 0.29) is 27.9 Å². The lowest BCUT2D eigenvalue weighted by atomic mass is 10.1. The zero-order valence-electron chi connectivity index (χ0n) is 11.0. The molecule has 3 rings (SSSR count). The number of halogens is 2. The van der Waals surface area contributed by atoms with Crippen LogP contribution in [0.3, 0.4) is 0 Å². The molecular weight excluding hydrogens is 311 g/mol. The molecule has 0 unspecified atom stereocenters. The van der Waals surface area contributed by atoms with Gasteiger partial charge in [0.1, 0.15) is 5.82 Å². The second-order valence-corrected chi connectivity index (χ2v) is 4.83. The van der Waals surface area contributed by atoms with Crippen molar-refractivity contribution < 1.29 is 18.8 Å². The highest BCUT2D eigenvalue weighted by Crippen LogP contribution is 2.27. The minimum Gasteiger partial charge on any atom is -0.478 e. The zero-order chi connectivity index (χ0) is 15.7. The molecule has 2 aromatic carbocycles. The van der Waals surface area contributed by atoms with Crippen molar-refractivity contribution in [3.63, 3.8) is 0 Å². The van der Waals surface area contributed by atoms with E-state index in [4.69, 9.17) is 21.2 Å². The topological polar surface area (TPSA) is 76.2 Å². The van der Waals surface area contributed by atoms with Crippen molar-refractivity contribution >= 4 is 17.6 Å². The minimum atomic E-state index is -1.11. The Morgan fingerprint density at radius 3 is 2.68 bits per heavy atom. The molecule has 3 aromatic rings. The summed E-state index contributed by atoms with van der Waals surface area (Å²) in [5.74, 6) is -1.69. The summed E-state index contributed by atoms with van der Waals surface area (Å²) in [6.45, 7) is 0. The van der Waals surface area contributed by atoms with E-state index in [1.165, 1.54) is 18.2 Å². The second kappa shape index (κ2) is 5.57. The van der Waals surface area contributed by atoms with Crippen LogP contribution in [0, 0.1) is 5.82 Å². The predicted octanol–water partition coefficient (Wildman–Crippen LogP) is 3.89. The molecule has 0 saturated heterocycles. The van der Waals surface area contributed by atoms with Gasteiger partial charge in [-0.05, 0) is 24.3 Å². The highest BCUT2D eigenvalue weighted by Gasteiger charge is 2.18. The quantitative estimate of drug-likeness (QED) is 0.792. The van der Waals surface area contributed by atoms with Crippen LogP contribution < -0.4 is 0 Å². The summed E-state index contributed by atoms with van der Waals surface area (Å²) in [5.41, 5.74) is 0.418. The number of carboxylic acid groups (broad SMARTS) is 1. The summed E-state index contributed by atoms with van der Waals surface area (Å²) in [6.07, 6.45) is 0. The number of carboxylic acids is 1. The first-order chi connectivity index (χ1) is 10.6. The molecule has 7 heteroatoms. The fourth-order valence-electron chi connectivity index (χ4n) is 1.97. The van der Waals surface area contributed by atoms with Gasteiger partial charge in [-0.2, -0.15) is 4.98 Å². The maximum atomic E-state index is 13.8. The first-order valence-corrected chi connectivity index (χ1v) is 6.56. The fraction of sp³-hybridized carbons (Fsp3) is 0. The Kier molecular flexibility index (Phi) is 3.60. The molecule has 0 atom stereocenters. The Morgan fingerprint density at radius 1 is 1.18 bits per heavy atom. The van der Waals surface area contributed by atoms with Gasteiger partial charge >= 0.3 is 5.97 Å². The van der Waals surface area contributed by atoms with Crippen molar-refractivity contribution in [1.29, 1.82) is 0 Å². The minimum absolute atomic E-state index is 0.0337. The lowest BCUT2D eigenvalue weighted by molar-refractivity contribution is 0.0697. The van der Waals surface area contributed by atoms with Crippen LogP contribution in [0.4, 0.5) is 4.39 Å². The lowest BCUT2D eigenvalue weighted by Gasteiger charge is -2.00. The third-order valence-corrected chi connectivity index (χ3v) is 3.22. The molecule has 1 N–H and O–H groups in total. The van der Waals surface area contributed by atoms with E-state index < -0.39 is 11.8 Å². The maximum absolute atomic E-state index is 13.8. The Morgan fingerprint density at radius 2 is 1.95 bits per heavy atom. The molecule has 0 radical (unpaired) electrons. The molecule has 5 nitrogen and oxygen atoms in total. The highest BCUT2D eigenvalue weighted by molar-refractivity contribution is 6.30. The molecule has 0 aliphatic heterocycles. The van der Waals surface area contributed by atoms with Crippen molar-refractivity contribution in [2.24, 2.45) is 0 Å². The number of carbonyl (C=O) groups is 1. The van der Waals surface area contributed by atoms with Crippen LogP contribution in [-0.2, 0) is 0 Å². The Labute approximate surface area is 129 Å². The van der Waals surface area contributed by atoms with E-state index in [1.54, 1.807) is 18.2 Å². The molecule has 1 aromatic heterocycles. The molecule has 0 fully saturated rings. The van der Waals surface area contributed by atoms with Gasteiger partial charge in [-0.3, -0.25) is 0 Å². The van der Waals surface area contributed by atoms with E-state index in [9.17, 15) is 9.18 Å². The first kappa shape index (κ1) is 14.2. The average Bonchev–Trinajstić information content (AvgIpc) is 2.96. The summed E-state index contributed by atoms with van der Waals surface area (Å²) >= 11 is 5.69. The monoisotopic (exact) mass is 318 g/mol. The first-order valence-electron chi connectivity index (χ1n) is 6.18. The maximum Gasteiger partial charge on any atom is 0.336 e. The van der Waals surface area contributed by atoms with Crippen molar-refractivity contribution in [2.45, 2.75) is 0 Å². The van der Waals surface area contributed by atoms with Gasteiger partial charge in [-0.25, -0.2) is 9.18 Å². The van der Waals surface area contributed by atoms with Gasteiger partial charge < -0.3 is 9.63 Å². The van der Waals surface area contributed by atoms with Gasteiger partial charge in [-0.1, -0.05) is 35.0 Å². The van der Waals surface area contributed by atoms with Gasteiger partial charge in [0.25, 0.3) is 5.89 Å². The molecule has 0 saturated carbocycles. The van der Waals surface area contributed by atoms with Crippen LogP contribution in [0.2, 0.25) is 5.02 Å². The SMILES string of the molecule is O=C(O)c1ccccc1-c1noc(-c2ccc(Cl)cc2F)n1.